The van der Waals surface area contributed by atoms with Crippen molar-refractivity contribution in [2.45, 2.75) is 26.3 Å². The summed E-state index contributed by atoms with van der Waals surface area (Å²) in [6.45, 7) is 4.00. The molecule has 0 saturated carbocycles. The van der Waals surface area contributed by atoms with E-state index in [0.717, 1.165) is 5.56 Å². The Morgan fingerprint density at radius 1 is 1.19 bits per heavy atom. The second kappa shape index (κ2) is 4.88. The van der Waals surface area contributed by atoms with Crippen molar-refractivity contribution in [2.24, 2.45) is 11.3 Å². The number of Topliss-reactive ketones (excluding diaryl/α,β-unsaturated/α-hetero) is 1. The summed E-state index contributed by atoms with van der Waals surface area (Å²) in [4.78, 5) is 24.4. The lowest BCUT2D eigenvalue weighted by Gasteiger charge is -2.40. The summed E-state index contributed by atoms with van der Waals surface area (Å²) in [7, 11) is 0. The fraction of sp³-hybridized carbons (Fsp3) is 0.375. The van der Waals surface area contributed by atoms with Crippen LogP contribution in [0, 0.1) is 11.3 Å². The third kappa shape index (κ3) is 2.68. The molecule has 0 bridgehead atoms. The topological polar surface area (TPSA) is 58.2 Å². The molecule has 1 aromatic carbocycles. The highest BCUT2D eigenvalue weighted by Gasteiger charge is 2.43. The van der Waals surface area contributed by atoms with Crippen LogP contribution in [0.4, 0.5) is 4.79 Å². The highest BCUT2D eigenvalue weighted by atomic mass is 35.5. The van der Waals surface area contributed by atoms with E-state index in [1.807, 2.05) is 32.1 Å². The molecule has 1 aromatic rings. The number of hydrogen-bond donors (Lipinski definition) is 2. The van der Waals surface area contributed by atoms with Crippen molar-refractivity contribution in [3.05, 3.63) is 46.6 Å². The van der Waals surface area contributed by atoms with Gasteiger partial charge in [0.2, 0.25) is 0 Å². The number of ketones is 1. The van der Waals surface area contributed by atoms with Crippen molar-refractivity contribution < 1.29 is 9.59 Å². The van der Waals surface area contributed by atoms with Crippen LogP contribution < -0.4 is 10.6 Å². The smallest absolute Gasteiger partial charge is 0.319 e. The highest BCUT2D eigenvalue weighted by Crippen LogP contribution is 2.40. The van der Waals surface area contributed by atoms with Gasteiger partial charge < -0.3 is 10.6 Å². The molecule has 0 radical (unpaired) electrons. The van der Waals surface area contributed by atoms with E-state index >= 15 is 0 Å². The maximum absolute atomic E-state index is 12.5. The molecule has 1 fully saturated rings. The molecule has 2 amide bonds. The minimum atomic E-state index is -0.350. The van der Waals surface area contributed by atoms with E-state index in [1.54, 1.807) is 12.1 Å². The van der Waals surface area contributed by atoms with Crippen LogP contribution in [0.5, 0.6) is 0 Å². The molecule has 0 unspecified atom stereocenters. The molecular weight excluding hydrogens is 288 g/mol. The Hall–Kier alpha value is -1.81. The molecule has 4 nitrogen and oxygen atoms in total. The van der Waals surface area contributed by atoms with Crippen LogP contribution in [0.3, 0.4) is 0 Å². The average Bonchev–Trinajstić information content (AvgIpc) is 2.36. The van der Waals surface area contributed by atoms with Gasteiger partial charge >= 0.3 is 6.03 Å². The van der Waals surface area contributed by atoms with Gasteiger partial charge in [0.1, 0.15) is 5.78 Å². The zero-order chi connectivity index (χ0) is 15.2. The highest BCUT2D eigenvalue weighted by molar-refractivity contribution is 6.30. The fourth-order valence-corrected chi connectivity index (χ4v) is 3.24. The van der Waals surface area contributed by atoms with Crippen LogP contribution in [0.25, 0.3) is 0 Å². The summed E-state index contributed by atoms with van der Waals surface area (Å²) in [5, 5.41) is 6.26. The number of allylic oxidation sites excluding steroid dienone is 1. The van der Waals surface area contributed by atoms with Crippen LogP contribution in [0.15, 0.2) is 36.0 Å². The summed E-state index contributed by atoms with van der Waals surface area (Å²) in [5.41, 5.74) is 1.37. The Labute approximate surface area is 128 Å². The number of carbonyl (C=O) groups excluding carboxylic acids is 2. The number of urea groups is 1. The van der Waals surface area contributed by atoms with Crippen molar-refractivity contribution in [1.29, 1.82) is 0 Å². The third-order valence-electron chi connectivity index (χ3n) is 3.96. The number of nitrogens with one attached hydrogen (secondary N) is 2. The summed E-state index contributed by atoms with van der Waals surface area (Å²) >= 11 is 5.90. The minimum absolute atomic E-state index is 0.143. The largest absolute Gasteiger partial charge is 0.330 e. The maximum atomic E-state index is 12.5. The van der Waals surface area contributed by atoms with Gasteiger partial charge in [-0.05, 0) is 23.1 Å². The van der Waals surface area contributed by atoms with E-state index in [-0.39, 0.29) is 29.2 Å². The van der Waals surface area contributed by atoms with Crippen molar-refractivity contribution in [1.82, 2.24) is 10.6 Å². The number of fused-ring (bicyclic) bond motifs is 1. The molecule has 3 rings (SSSR count). The van der Waals surface area contributed by atoms with E-state index in [1.165, 1.54) is 0 Å². The summed E-state index contributed by atoms with van der Waals surface area (Å²) in [5.74, 6) is -0.207. The minimum Gasteiger partial charge on any atom is -0.330 e. The molecule has 1 saturated heterocycles. The van der Waals surface area contributed by atoms with Crippen LogP contribution in [-0.4, -0.2) is 11.8 Å². The molecule has 2 atom stereocenters. The van der Waals surface area contributed by atoms with Crippen molar-refractivity contribution >= 4 is 23.4 Å². The predicted octanol–water partition coefficient (Wildman–Crippen LogP) is 3.19. The Bertz CT molecular complexity index is 634. The van der Waals surface area contributed by atoms with Crippen LogP contribution >= 0.6 is 11.6 Å². The molecule has 1 aliphatic heterocycles. The van der Waals surface area contributed by atoms with Crippen LogP contribution in [0.2, 0.25) is 5.02 Å². The third-order valence-corrected chi connectivity index (χ3v) is 4.22. The summed E-state index contributed by atoms with van der Waals surface area (Å²) in [6, 6.07) is 6.62. The first kappa shape index (κ1) is 14.1. The molecule has 1 heterocycles. The zero-order valence-electron chi connectivity index (χ0n) is 11.9. The first-order chi connectivity index (χ1) is 9.85. The number of benzene rings is 1. The lowest BCUT2D eigenvalue weighted by Crippen LogP contribution is -2.53. The van der Waals surface area contributed by atoms with E-state index < -0.39 is 0 Å². The van der Waals surface area contributed by atoms with Gasteiger partial charge in [-0.15, -0.1) is 0 Å². The second-order valence-corrected chi connectivity index (χ2v) is 6.77. The average molecular weight is 305 g/mol. The van der Waals surface area contributed by atoms with Crippen molar-refractivity contribution in [2.75, 3.05) is 0 Å². The lowest BCUT2D eigenvalue weighted by atomic mass is 9.72. The zero-order valence-corrected chi connectivity index (χ0v) is 12.7. The van der Waals surface area contributed by atoms with Crippen molar-refractivity contribution in [3.8, 4) is 0 Å². The van der Waals surface area contributed by atoms with Crippen LogP contribution in [0.1, 0.15) is 31.9 Å². The second-order valence-electron chi connectivity index (χ2n) is 6.34. The van der Waals surface area contributed by atoms with Gasteiger partial charge in [-0.3, -0.25) is 4.79 Å². The van der Waals surface area contributed by atoms with Gasteiger partial charge in [0, 0.05) is 17.1 Å². The number of halogens is 1. The number of amides is 2. The van der Waals surface area contributed by atoms with Gasteiger partial charge in [-0.25, -0.2) is 4.79 Å². The predicted molar refractivity (Wildman–Crippen MR) is 80.8 cm³/mol. The fourth-order valence-electron chi connectivity index (χ4n) is 3.11. The Morgan fingerprint density at radius 3 is 2.52 bits per heavy atom. The number of carbonyl (C=O) groups is 2. The summed E-state index contributed by atoms with van der Waals surface area (Å²) in [6.07, 6.45) is 2.48. The van der Waals surface area contributed by atoms with Gasteiger partial charge in [0.25, 0.3) is 0 Å². The van der Waals surface area contributed by atoms with Gasteiger partial charge in [-0.1, -0.05) is 43.7 Å². The first-order valence-electron chi connectivity index (χ1n) is 6.94. The normalized spacial score (nSPS) is 27.3. The van der Waals surface area contributed by atoms with Crippen LogP contribution in [-0.2, 0) is 4.79 Å². The maximum Gasteiger partial charge on any atom is 0.319 e. The SMILES string of the molecule is CC1(C)C=C2NC(=O)N[C@@H](c3ccc(Cl)cc3)[C@@H]2C(=O)C1. The first-order valence-corrected chi connectivity index (χ1v) is 7.32. The molecule has 2 N–H and O–H groups in total. The van der Waals surface area contributed by atoms with Gasteiger partial charge in [-0.2, -0.15) is 0 Å². The Kier molecular flexibility index (Phi) is 3.29. The van der Waals surface area contributed by atoms with E-state index in [4.69, 9.17) is 11.6 Å². The van der Waals surface area contributed by atoms with E-state index in [0.29, 0.717) is 17.1 Å². The molecule has 0 aromatic heterocycles. The monoisotopic (exact) mass is 304 g/mol. The molecule has 1 aliphatic carbocycles. The number of rotatable bonds is 1. The lowest BCUT2D eigenvalue weighted by molar-refractivity contribution is -0.125. The number of hydrogen-bond acceptors (Lipinski definition) is 2. The van der Waals surface area contributed by atoms with E-state index in [9.17, 15) is 9.59 Å². The van der Waals surface area contributed by atoms with E-state index in [2.05, 4.69) is 10.6 Å². The summed E-state index contributed by atoms with van der Waals surface area (Å²) < 4.78 is 0. The quantitative estimate of drug-likeness (QED) is 0.837. The molecule has 0 spiro atoms. The molecule has 2 aliphatic rings. The molecule has 21 heavy (non-hydrogen) atoms. The molecular formula is C16H17ClN2O2. The molecule has 5 heteroatoms. The molecule has 110 valence electrons. The Balaban J connectivity index is 2.03. The van der Waals surface area contributed by atoms with Gasteiger partial charge in [0.05, 0.1) is 12.0 Å². The van der Waals surface area contributed by atoms with Crippen molar-refractivity contribution in [3.63, 3.8) is 0 Å². The standard InChI is InChI=1S/C16H17ClN2O2/c1-16(2)7-11-13(12(20)8-16)14(19-15(21)18-11)9-3-5-10(17)6-4-9/h3-7,13-14H,8H2,1-2H3,(H2,18,19,21)/t13-,14-/m0/s1. The Morgan fingerprint density at radius 2 is 1.86 bits per heavy atom. The van der Waals surface area contributed by atoms with Gasteiger partial charge in [0.15, 0.2) is 0 Å².